The summed E-state index contributed by atoms with van der Waals surface area (Å²) in [6, 6.07) is 10.2. The zero-order valence-electron chi connectivity index (χ0n) is 16.8. The number of carbonyl (C=O) groups is 2. The first-order valence-corrected chi connectivity index (χ1v) is 10.0. The van der Waals surface area contributed by atoms with Crippen molar-refractivity contribution in [2.75, 3.05) is 11.9 Å². The summed E-state index contributed by atoms with van der Waals surface area (Å²) in [5.74, 6) is 0.412. The minimum Gasteiger partial charge on any atom is -0.486 e. The van der Waals surface area contributed by atoms with E-state index in [0.717, 1.165) is 6.42 Å². The van der Waals surface area contributed by atoms with Gasteiger partial charge in [-0.1, -0.05) is 18.5 Å². The molecule has 0 radical (unpaired) electrons. The van der Waals surface area contributed by atoms with Gasteiger partial charge in [-0.05, 0) is 49.7 Å². The van der Waals surface area contributed by atoms with E-state index in [4.69, 9.17) is 20.8 Å². The number of benzene rings is 1. The van der Waals surface area contributed by atoms with Crippen LogP contribution in [0.5, 0.6) is 5.75 Å². The number of ether oxygens (including phenoxy) is 1. The van der Waals surface area contributed by atoms with Gasteiger partial charge in [-0.2, -0.15) is 5.10 Å². The quantitative estimate of drug-likeness (QED) is 0.532. The summed E-state index contributed by atoms with van der Waals surface area (Å²) in [7, 11) is 0. The topological polar surface area (TPSA) is 98.4 Å². The van der Waals surface area contributed by atoms with Crippen LogP contribution >= 0.6 is 11.6 Å². The fraction of sp³-hybridized carbons (Fsp3) is 0.286. The van der Waals surface area contributed by atoms with Crippen molar-refractivity contribution in [3.8, 4) is 5.75 Å². The molecule has 9 heteroatoms. The number of nitrogens with one attached hydrogen (secondary N) is 2. The second-order valence-electron chi connectivity index (χ2n) is 6.47. The molecule has 158 valence electrons. The zero-order valence-corrected chi connectivity index (χ0v) is 17.5. The Morgan fingerprint density at radius 3 is 2.60 bits per heavy atom. The van der Waals surface area contributed by atoms with Crippen molar-refractivity contribution in [2.24, 2.45) is 0 Å². The number of nitrogens with zero attached hydrogens (tertiary/aromatic N) is 2. The first-order chi connectivity index (χ1) is 14.5. The third-order valence-corrected chi connectivity index (χ3v) is 4.42. The minimum atomic E-state index is -0.479. The Hall–Kier alpha value is -3.26. The average molecular weight is 431 g/mol. The van der Waals surface area contributed by atoms with Gasteiger partial charge in [0.1, 0.15) is 18.1 Å². The van der Waals surface area contributed by atoms with Gasteiger partial charge in [0.2, 0.25) is 0 Å². The summed E-state index contributed by atoms with van der Waals surface area (Å²) in [6.07, 6.45) is 2.42. The van der Waals surface area contributed by atoms with E-state index in [1.54, 1.807) is 47.3 Å². The van der Waals surface area contributed by atoms with Crippen molar-refractivity contribution < 1.29 is 18.7 Å². The van der Waals surface area contributed by atoms with Crippen LogP contribution < -0.4 is 15.4 Å². The fourth-order valence-corrected chi connectivity index (χ4v) is 2.74. The Morgan fingerprint density at radius 1 is 1.13 bits per heavy atom. The third-order valence-electron chi connectivity index (χ3n) is 4.16. The van der Waals surface area contributed by atoms with Gasteiger partial charge in [0.05, 0.1) is 5.69 Å². The molecule has 30 heavy (non-hydrogen) atoms. The maximum Gasteiger partial charge on any atom is 0.291 e. The molecule has 2 N–H and O–H groups in total. The Labute approximate surface area is 179 Å². The Balaban J connectivity index is 1.65. The normalized spacial score (nSPS) is 10.6. The molecule has 0 spiro atoms. The second-order valence-corrected chi connectivity index (χ2v) is 6.90. The van der Waals surface area contributed by atoms with E-state index >= 15 is 0 Å². The third kappa shape index (κ3) is 5.42. The molecule has 8 nitrogen and oxygen atoms in total. The first kappa shape index (κ1) is 21.4. The summed E-state index contributed by atoms with van der Waals surface area (Å²) in [4.78, 5) is 24.9. The van der Waals surface area contributed by atoms with Crippen molar-refractivity contribution >= 4 is 29.1 Å². The summed E-state index contributed by atoms with van der Waals surface area (Å²) < 4.78 is 12.8. The first-order valence-electron chi connectivity index (χ1n) is 9.64. The Kier molecular flexibility index (Phi) is 7.13. The molecular formula is C21H23ClN4O4. The monoisotopic (exact) mass is 430 g/mol. The Morgan fingerprint density at radius 2 is 1.90 bits per heavy atom. The van der Waals surface area contributed by atoms with Gasteiger partial charge in [0.15, 0.2) is 11.5 Å². The number of amides is 2. The highest BCUT2D eigenvalue weighted by Gasteiger charge is 2.20. The van der Waals surface area contributed by atoms with Crippen molar-refractivity contribution in [2.45, 2.75) is 33.4 Å². The fourth-order valence-electron chi connectivity index (χ4n) is 2.61. The number of hydrogen-bond donors (Lipinski definition) is 2. The molecule has 0 aliphatic rings. The molecule has 0 aliphatic heterocycles. The summed E-state index contributed by atoms with van der Waals surface area (Å²) >= 11 is 5.85. The number of furan rings is 1. The van der Waals surface area contributed by atoms with Crippen LogP contribution in [0.4, 0.5) is 5.69 Å². The number of aromatic nitrogens is 2. The van der Waals surface area contributed by atoms with Crippen LogP contribution in [-0.4, -0.2) is 28.1 Å². The largest absolute Gasteiger partial charge is 0.486 e. The molecule has 2 amide bonds. The van der Waals surface area contributed by atoms with Crippen LogP contribution in [0, 0.1) is 0 Å². The number of rotatable bonds is 9. The minimum absolute atomic E-state index is 0.105. The molecule has 2 aromatic heterocycles. The number of halogens is 1. The van der Waals surface area contributed by atoms with Crippen LogP contribution in [-0.2, 0) is 13.2 Å². The van der Waals surface area contributed by atoms with E-state index in [2.05, 4.69) is 15.7 Å². The maximum atomic E-state index is 12.6. The summed E-state index contributed by atoms with van der Waals surface area (Å²) in [5.41, 5.74) is 0.488. The maximum absolute atomic E-state index is 12.6. The molecule has 0 fully saturated rings. The smallest absolute Gasteiger partial charge is 0.291 e. The molecule has 0 bridgehead atoms. The lowest BCUT2D eigenvalue weighted by Crippen LogP contribution is -2.26. The van der Waals surface area contributed by atoms with Crippen molar-refractivity contribution in [1.29, 1.82) is 0 Å². The molecule has 0 saturated carbocycles. The SMILES string of the molecule is CCCNC(=O)c1nn(CC)cc1NC(=O)c1ccc(COc2ccc(Cl)cc2)o1. The van der Waals surface area contributed by atoms with E-state index in [9.17, 15) is 9.59 Å². The van der Waals surface area contributed by atoms with Crippen LogP contribution in [0.15, 0.2) is 47.0 Å². The lowest BCUT2D eigenvalue weighted by atomic mass is 10.3. The predicted molar refractivity (Wildman–Crippen MR) is 113 cm³/mol. The number of carbonyl (C=O) groups excluding carboxylic acids is 2. The highest BCUT2D eigenvalue weighted by Crippen LogP contribution is 2.19. The highest BCUT2D eigenvalue weighted by atomic mass is 35.5. The van der Waals surface area contributed by atoms with Crippen LogP contribution in [0.1, 0.15) is 47.1 Å². The van der Waals surface area contributed by atoms with Gasteiger partial charge in [0, 0.05) is 24.3 Å². The number of anilines is 1. The Bertz CT molecular complexity index is 1010. The molecule has 0 saturated heterocycles. The zero-order chi connectivity index (χ0) is 21.5. The van der Waals surface area contributed by atoms with E-state index in [0.29, 0.717) is 35.3 Å². The molecule has 0 atom stereocenters. The van der Waals surface area contributed by atoms with Gasteiger partial charge in [0.25, 0.3) is 11.8 Å². The van der Waals surface area contributed by atoms with Crippen molar-refractivity contribution in [1.82, 2.24) is 15.1 Å². The highest BCUT2D eigenvalue weighted by molar-refractivity contribution is 6.30. The standard InChI is InChI=1S/C21H23ClN4O4/c1-3-11-23-21(28)19-17(12-26(4-2)25-19)24-20(27)18-10-9-16(30-18)13-29-15-7-5-14(22)6-8-15/h5-10,12H,3-4,11,13H2,1-2H3,(H,23,28)(H,24,27). The number of aryl methyl sites for hydroxylation is 1. The van der Waals surface area contributed by atoms with E-state index in [1.807, 2.05) is 13.8 Å². The van der Waals surface area contributed by atoms with Crippen LogP contribution in [0.2, 0.25) is 5.02 Å². The number of hydrogen-bond acceptors (Lipinski definition) is 5. The van der Waals surface area contributed by atoms with Gasteiger partial charge in [-0.3, -0.25) is 14.3 Å². The van der Waals surface area contributed by atoms with Gasteiger partial charge in [-0.15, -0.1) is 0 Å². The van der Waals surface area contributed by atoms with Gasteiger partial charge in [-0.25, -0.2) is 0 Å². The molecule has 2 heterocycles. The van der Waals surface area contributed by atoms with E-state index < -0.39 is 5.91 Å². The molecule has 0 unspecified atom stereocenters. The molecule has 3 rings (SSSR count). The molecule has 0 aliphatic carbocycles. The van der Waals surface area contributed by atoms with Gasteiger partial charge < -0.3 is 19.8 Å². The van der Waals surface area contributed by atoms with Gasteiger partial charge >= 0.3 is 0 Å². The molecule has 3 aromatic rings. The lowest BCUT2D eigenvalue weighted by molar-refractivity contribution is 0.0948. The summed E-state index contributed by atoms with van der Waals surface area (Å²) in [6.45, 7) is 5.11. The second kappa shape index (κ2) is 9.98. The summed E-state index contributed by atoms with van der Waals surface area (Å²) in [5, 5.41) is 10.3. The average Bonchev–Trinajstić information content (AvgIpc) is 3.38. The van der Waals surface area contributed by atoms with Crippen molar-refractivity contribution in [3.05, 3.63) is 64.8 Å². The molecular weight excluding hydrogens is 408 g/mol. The van der Waals surface area contributed by atoms with Crippen LogP contribution in [0.3, 0.4) is 0 Å². The van der Waals surface area contributed by atoms with E-state index in [-0.39, 0.29) is 24.0 Å². The molecule has 1 aromatic carbocycles. The van der Waals surface area contributed by atoms with E-state index in [1.165, 1.54) is 0 Å². The lowest BCUT2D eigenvalue weighted by Gasteiger charge is -2.05. The van der Waals surface area contributed by atoms with Crippen LogP contribution in [0.25, 0.3) is 0 Å². The van der Waals surface area contributed by atoms with Crippen molar-refractivity contribution in [3.63, 3.8) is 0 Å². The predicted octanol–water partition coefficient (Wildman–Crippen LogP) is 4.12.